The quantitative estimate of drug-likeness (QED) is 0.616. The van der Waals surface area contributed by atoms with Gasteiger partial charge >= 0.3 is 0 Å². The Hall–Kier alpha value is -1.59. The van der Waals surface area contributed by atoms with E-state index in [1.807, 2.05) is 0 Å². The number of carbonyl (C=O) groups is 1. The maximum absolute atomic E-state index is 12.0. The Labute approximate surface area is 125 Å². The molecule has 1 aliphatic rings. The van der Waals surface area contributed by atoms with Crippen molar-refractivity contribution >= 4 is 5.78 Å². The molecule has 1 fully saturated rings. The first-order valence-electron chi connectivity index (χ1n) is 7.41. The average molecular weight is 293 g/mol. The summed E-state index contributed by atoms with van der Waals surface area (Å²) in [5.74, 6) is 0.273. The van der Waals surface area contributed by atoms with Gasteiger partial charge in [-0.2, -0.15) is 0 Å². The molecule has 1 N–H and O–H groups in total. The van der Waals surface area contributed by atoms with Crippen LogP contribution in [0.4, 0.5) is 0 Å². The van der Waals surface area contributed by atoms with Gasteiger partial charge in [-0.3, -0.25) is 4.79 Å². The van der Waals surface area contributed by atoms with Crippen molar-refractivity contribution in [2.45, 2.75) is 19.3 Å². The molecule has 0 amide bonds. The first-order valence-corrected chi connectivity index (χ1v) is 7.41. The van der Waals surface area contributed by atoms with Gasteiger partial charge in [-0.1, -0.05) is 6.42 Å². The molecule has 5 nitrogen and oxygen atoms in total. The lowest BCUT2D eigenvalue weighted by molar-refractivity contribution is 0.0680. The monoisotopic (exact) mass is 293 g/mol. The van der Waals surface area contributed by atoms with Crippen molar-refractivity contribution < 1.29 is 19.4 Å². The molecule has 0 saturated carbocycles. The highest BCUT2D eigenvalue weighted by atomic mass is 16.5. The van der Waals surface area contributed by atoms with E-state index in [0.717, 1.165) is 19.6 Å². The van der Waals surface area contributed by atoms with Crippen molar-refractivity contribution in [2.75, 3.05) is 40.0 Å². The van der Waals surface area contributed by atoms with Crippen LogP contribution < -0.4 is 4.74 Å². The molecule has 1 aromatic rings. The summed E-state index contributed by atoms with van der Waals surface area (Å²) in [7, 11) is 1.52. The second-order valence-corrected chi connectivity index (χ2v) is 5.26. The minimum Gasteiger partial charge on any atom is -0.507 e. The largest absolute Gasteiger partial charge is 0.507 e. The van der Waals surface area contributed by atoms with Gasteiger partial charge in [-0.05, 0) is 44.1 Å². The number of ketones is 1. The zero-order valence-corrected chi connectivity index (χ0v) is 12.5. The van der Waals surface area contributed by atoms with Crippen LogP contribution in [-0.2, 0) is 4.74 Å². The van der Waals surface area contributed by atoms with Gasteiger partial charge < -0.3 is 19.5 Å². The Kier molecular flexibility index (Phi) is 6.02. The number of likely N-dealkylation sites (tertiary alicyclic amines) is 1. The maximum atomic E-state index is 12.0. The highest BCUT2D eigenvalue weighted by Crippen LogP contribution is 2.23. The Morgan fingerprint density at radius 3 is 2.76 bits per heavy atom. The van der Waals surface area contributed by atoms with E-state index in [9.17, 15) is 9.90 Å². The van der Waals surface area contributed by atoms with Crippen molar-refractivity contribution in [1.82, 2.24) is 4.90 Å². The third-order valence-electron chi connectivity index (χ3n) is 3.74. The predicted octanol–water partition coefficient (Wildman–Crippen LogP) is 2.09. The molecule has 0 atom stereocenters. The fraction of sp³-hybridized carbons (Fsp3) is 0.562. The summed E-state index contributed by atoms with van der Waals surface area (Å²) >= 11 is 0. The number of carbonyl (C=O) groups excluding carboxylic acids is 1. The lowest BCUT2D eigenvalue weighted by Gasteiger charge is -2.26. The van der Waals surface area contributed by atoms with Gasteiger partial charge in [0.15, 0.2) is 5.78 Å². The molecule has 0 aliphatic carbocycles. The molecular weight excluding hydrogens is 270 g/mol. The molecule has 0 aromatic heterocycles. The van der Waals surface area contributed by atoms with E-state index in [2.05, 4.69) is 4.90 Å². The summed E-state index contributed by atoms with van der Waals surface area (Å²) in [6.07, 6.45) is 3.80. The van der Waals surface area contributed by atoms with E-state index in [-0.39, 0.29) is 23.7 Å². The zero-order chi connectivity index (χ0) is 15.1. The van der Waals surface area contributed by atoms with Gasteiger partial charge in [-0.25, -0.2) is 0 Å². The van der Waals surface area contributed by atoms with Gasteiger partial charge in [0.25, 0.3) is 0 Å². The Morgan fingerprint density at radius 2 is 2.05 bits per heavy atom. The Balaban J connectivity index is 1.76. The highest BCUT2D eigenvalue weighted by Gasteiger charge is 2.13. The number of phenols is 1. The van der Waals surface area contributed by atoms with Gasteiger partial charge in [0.05, 0.1) is 19.3 Å². The van der Waals surface area contributed by atoms with E-state index in [1.54, 1.807) is 6.07 Å². The number of piperidine rings is 1. The minimum absolute atomic E-state index is 0.0193. The van der Waals surface area contributed by atoms with Crippen LogP contribution in [0.25, 0.3) is 0 Å². The van der Waals surface area contributed by atoms with Gasteiger partial charge in [-0.15, -0.1) is 0 Å². The van der Waals surface area contributed by atoms with Crippen molar-refractivity contribution in [3.63, 3.8) is 0 Å². The zero-order valence-electron chi connectivity index (χ0n) is 12.5. The third-order valence-corrected chi connectivity index (χ3v) is 3.74. The van der Waals surface area contributed by atoms with E-state index in [4.69, 9.17) is 9.47 Å². The Bertz CT molecular complexity index is 469. The highest BCUT2D eigenvalue weighted by molar-refractivity contribution is 5.99. The molecule has 0 radical (unpaired) electrons. The normalized spacial score (nSPS) is 15.9. The number of Topliss-reactive ketones (excluding diaryl/α,β-unsaturated/α-hetero) is 1. The lowest BCUT2D eigenvalue weighted by atomic mass is 10.1. The number of nitrogens with zero attached hydrogens (tertiary/aromatic N) is 1. The number of rotatable bonds is 7. The number of benzene rings is 1. The number of methoxy groups -OCH3 is 1. The van der Waals surface area contributed by atoms with E-state index >= 15 is 0 Å². The smallest absolute Gasteiger partial charge is 0.192 e. The summed E-state index contributed by atoms with van der Waals surface area (Å²) in [5.41, 5.74) is 0.243. The summed E-state index contributed by atoms with van der Waals surface area (Å²) < 4.78 is 10.5. The van der Waals surface area contributed by atoms with Gasteiger partial charge in [0, 0.05) is 6.54 Å². The van der Waals surface area contributed by atoms with Crippen LogP contribution in [0.3, 0.4) is 0 Å². The number of aromatic hydroxyl groups is 1. The van der Waals surface area contributed by atoms with Gasteiger partial charge in [0.1, 0.15) is 18.1 Å². The van der Waals surface area contributed by atoms with E-state index < -0.39 is 0 Å². The number of hydrogen-bond donors (Lipinski definition) is 1. The van der Waals surface area contributed by atoms with Crippen LogP contribution in [0.2, 0.25) is 0 Å². The van der Waals surface area contributed by atoms with Crippen molar-refractivity contribution in [1.29, 1.82) is 0 Å². The summed E-state index contributed by atoms with van der Waals surface area (Å²) in [5, 5.41) is 9.72. The van der Waals surface area contributed by atoms with Crippen LogP contribution >= 0.6 is 0 Å². The van der Waals surface area contributed by atoms with Crippen LogP contribution in [0.1, 0.15) is 29.6 Å². The van der Waals surface area contributed by atoms with E-state index in [1.165, 1.54) is 38.5 Å². The fourth-order valence-corrected chi connectivity index (χ4v) is 2.48. The molecule has 2 rings (SSSR count). The topological polar surface area (TPSA) is 59.0 Å². The average Bonchev–Trinajstić information content (AvgIpc) is 2.53. The standard InChI is InChI=1S/C16H23NO4/c1-20-13-5-6-15(18)14(11-13)16(19)12-21-10-9-17-7-3-2-4-8-17/h5-6,11,18H,2-4,7-10,12H2,1H3. The number of phenolic OH excluding ortho intramolecular Hbond substituents is 1. The molecule has 1 aliphatic heterocycles. The van der Waals surface area contributed by atoms with Crippen LogP contribution in [0.15, 0.2) is 18.2 Å². The molecular formula is C16H23NO4. The summed E-state index contributed by atoms with van der Waals surface area (Å²) in [6, 6.07) is 4.61. The molecule has 0 spiro atoms. The SMILES string of the molecule is COc1ccc(O)c(C(=O)COCCN2CCCCC2)c1. The predicted molar refractivity (Wildman–Crippen MR) is 80.1 cm³/mol. The molecule has 0 bridgehead atoms. The van der Waals surface area contributed by atoms with Crippen molar-refractivity contribution in [3.8, 4) is 11.5 Å². The van der Waals surface area contributed by atoms with Crippen molar-refractivity contribution in [3.05, 3.63) is 23.8 Å². The van der Waals surface area contributed by atoms with E-state index in [0.29, 0.717) is 12.4 Å². The Morgan fingerprint density at radius 1 is 1.29 bits per heavy atom. The summed E-state index contributed by atoms with van der Waals surface area (Å²) in [4.78, 5) is 14.4. The second-order valence-electron chi connectivity index (χ2n) is 5.26. The van der Waals surface area contributed by atoms with Crippen LogP contribution in [-0.4, -0.2) is 55.7 Å². The molecule has 116 valence electrons. The summed E-state index contributed by atoms with van der Waals surface area (Å²) in [6.45, 7) is 3.62. The fourth-order valence-electron chi connectivity index (χ4n) is 2.48. The first-order chi connectivity index (χ1) is 10.2. The molecule has 21 heavy (non-hydrogen) atoms. The van der Waals surface area contributed by atoms with Crippen LogP contribution in [0, 0.1) is 0 Å². The minimum atomic E-state index is -0.231. The molecule has 5 heteroatoms. The third kappa shape index (κ3) is 4.72. The van der Waals surface area contributed by atoms with Gasteiger partial charge in [0.2, 0.25) is 0 Å². The maximum Gasteiger partial charge on any atom is 0.192 e. The molecule has 0 unspecified atom stereocenters. The van der Waals surface area contributed by atoms with Crippen molar-refractivity contribution in [2.24, 2.45) is 0 Å². The first kappa shape index (κ1) is 15.8. The van der Waals surface area contributed by atoms with Crippen LogP contribution in [0.5, 0.6) is 11.5 Å². The number of ether oxygens (including phenoxy) is 2. The second kappa shape index (κ2) is 8.00. The molecule has 1 saturated heterocycles. The number of hydrogen-bond acceptors (Lipinski definition) is 5. The molecule has 1 heterocycles. The molecule has 1 aromatic carbocycles. The lowest BCUT2D eigenvalue weighted by Crippen LogP contribution is -2.33.